The summed E-state index contributed by atoms with van der Waals surface area (Å²) in [4.78, 5) is 11.5. The number of hydrogen-bond acceptors (Lipinski definition) is 1. The van der Waals surface area contributed by atoms with Crippen LogP contribution in [-0.2, 0) is 4.79 Å². The average Bonchev–Trinajstić information content (AvgIpc) is 2.85. The summed E-state index contributed by atoms with van der Waals surface area (Å²) < 4.78 is 26.0. The normalized spacial score (nSPS) is 46.5. The maximum Gasteiger partial charge on any atom is 0.238 e. The Labute approximate surface area is 139 Å². The van der Waals surface area contributed by atoms with E-state index in [1.807, 2.05) is 0 Å². The molecule has 3 saturated carbocycles. The lowest BCUT2D eigenvalue weighted by Gasteiger charge is -2.54. The Kier molecular flexibility index (Phi) is 5.13. The van der Waals surface area contributed by atoms with Crippen molar-refractivity contribution in [3.05, 3.63) is 0 Å². The molecule has 0 aliphatic heterocycles. The van der Waals surface area contributed by atoms with Crippen molar-refractivity contribution in [3.63, 3.8) is 0 Å². The van der Waals surface area contributed by atoms with Gasteiger partial charge < -0.3 is 4.79 Å². The van der Waals surface area contributed by atoms with Gasteiger partial charge in [-0.25, -0.2) is 8.78 Å². The maximum atomic E-state index is 13.0. The topological polar surface area (TPSA) is 17.1 Å². The van der Waals surface area contributed by atoms with Crippen LogP contribution in [0.4, 0.5) is 8.78 Å². The van der Waals surface area contributed by atoms with E-state index in [4.69, 9.17) is 0 Å². The van der Waals surface area contributed by atoms with E-state index in [1.165, 1.54) is 12.7 Å². The van der Waals surface area contributed by atoms with Crippen molar-refractivity contribution in [2.75, 3.05) is 0 Å². The monoisotopic (exact) mass is 326 g/mol. The van der Waals surface area contributed by atoms with E-state index in [-0.39, 0.29) is 23.7 Å². The minimum Gasteiger partial charge on any atom is -0.303 e. The van der Waals surface area contributed by atoms with Gasteiger partial charge >= 0.3 is 0 Å². The summed E-state index contributed by atoms with van der Waals surface area (Å²) in [6, 6.07) is 0. The molecule has 3 aliphatic carbocycles. The predicted octanol–water partition coefficient (Wildman–Crippen LogP) is 5.73. The minimum absolute atomic E-state index is 0.104. The van der Waals surface area contributed by atoms with Crippen LogP contribution in [0.2, 0.25) is 0 Å². The van der Waals surface area contributed by atoms with Crippen LogP contribution >= 0.6 is 0 Å². The van der Waals surface area contributed by atoms with Gasteiger partial charge in [0.25, 0.3) is 0 Å². The zero-order chi connectivity index (χ0) is 16.6. The van der Waals surface area contributed by atoms with Crippen LogP contribution in [0.15, 0.2) is 0 Å². The van der Waals surface area contributed by atoms with Crippen LogP contribution in [0.25, 0.3) is 0 Å². The molecule has 3 aliphatic rings. The lowest BCUT2D eigenvalue weighted by molar-refractivity contribution is -0.118. The van der Waals surface area contributed by atoms with Crippen molar-refractivity contribution in [1.82, 2.24) is 0 Å². The number of halogens is 2. The largest absolute Gasteiger partial charge is 0.303 e. The molecule has 3 rings (SSSR count). The summed E-state index contributed by atoms with van der Waals surface area (Å²) in [5.41, 5.74) is 0.190. The lowest BCUT2D eigenvalue weighted by atomic mass is 9.51. The second-order valence-corrected chi connectivity index (χ2v) is 8.72. The van der Waals surface area contributed by atoms with Crippen LogP contribution in [0, 0.1) is 40.9 Å². The Balaban J connectivity index is 1.79. The molecule has 0 aromatic rings. The Bertz CT molecular complexity index is 424. The number of alkyl halides is 2. The maximum absolute atomic E-state index is 13.0. The summed E-state index contributed by atoms with van der Waals surface area (Å²) in [5, 5.41) is 0. The fraction of sp³-hybridized carbons (Fsp3) is 0.950. The smallest absolute Gasteiger partial charge is 0.238 e. The summed E-state index contributed by atoms with van der Waals surface area (Å²) in [6.07, 6.45) is 7.98. The zero-order valence-corrected chi connectivity index (χ0v) is 14.6. The van der Waals surface area contributed by atoms with E-state index in [0.29, 0.717) is 23.7 Å². The van der Waals surface area contributed by atoms with E-state index in [0.717, 1.165) is 44.9 Å². The predicted molar refractivity (Wildman–Crippen MR) is 88.3 cm³/mol. The van der Waals surface area contributed by atoms with Gasteiger partial charge in [-0.15, -0.1) is 0 Å². The number of carbonyl (C=O) groups is 1. The fourth-order valence-corrected chi connectivity index (χ4v) is 6.80. The molecule has 0 radical (unpaired) electrons. The van der Waals surface area contributed by atoms with Gasteiger partial charge in [-0.3, -0.25) is 0 Å². The van der Waals surface area contributed by atoms with E-state index >= 15 is 0 Å². The van der Waals surface area contributed by atoms with Gasteiger partial charge in [0.1, 0.15) is 6.29 Å². The third kappa shape index (κ3) is 2.98. The van der Waals surface area contributed by atoms with E-state index in [1.54, 1.807) is 0 Å². The molecule has 0 heterocycles. The van der Waals surface area contributed by atoms with Crippen LogP contribution < -0.4 is 0 Å². The molecule has 1 nitrogen and oxygen atoms in total. The van der Waals surface area contributed by atoms with Gasteiger partial charge in [0.05, 0.1) is 0 Å². The molecule has 0 aromatic carbocycles. The van der Waals surface area contributed by atoms with Gasteiger partial charge in [0.2, 0.25) is 6.43 Å². The highest BCUT2D eigenvalue weighted by molar-refractivity contribution is 5.56. The van der Waals surface area contributed by atoms with Gasteiger partial charge in [0, 0.05) is 12.3 Å². The van der Waals surface area contributed by atoms with Crippen LogP contribution in [0.5, 0.6) is 0 Å². The average molecular weight is 326 g/mol. The SMILES string of the molecule is CCCC1C(CC(F)F)CCC2C1CCC1(C)C(C=O)CCC21. The molecular formula is C20H32F2O. The first-order valence-corrected chi connectivity index (χ1v) is 9.74. The second-order valence-electron chi connectivity index (χ2n) is 8.72. The minimum atomic E-state index is -2.16. The second kappa shape index (κ2) is 6.80. The Hall–Kier alpha value is -0.470. The molecule has 0 amide bonds. The summed E-state index contributed by atoms with van der Waals surface area (Å²) >= 11 is 0. The first-order valence-electron chi connectivity index (χ1n) is 9.74. The molecule has 132 valence electrons. The first kappa shape index (κ1) is 17.4. The highest BCUT2D eigenvalue weighted by Crippen LogP contribution is 2.63. The van der Waals surface area contributed by atoms with Crippen molar-refractivity contribution < 1.29 is 13.6 Å². The molecule has 0 N–H and O–H groups in total. The molecule has 7 unspecified atom stereocenters. The van der Waals surface area contributed by atoms with E-state index in [2.05, 4.69) is 13.8 Å². The summed E-state index contributed by atoms with van der Waals surface area (Å²) in [7, 11) is 0. The molecule has 3 heteroatoms. The van der Waals surface area contributed by atoms with Crippen molar-refractivity contribution in [2.45, 2.75) is 78.1 Å². The standard InChI is InChI=1S/C20H32F2O/c1-3-4-15-13(11-19(21)22)5-7-17-16(15)9-10-20(2)14(12-23)6-8-18(17)20/h12-19H,3-11H2,1-2H3. The first-order chi connectivity index (χ1) is 11.0. The highest BCUT2D eigenvalue weighted by atomic mass is 19.3. The molecule has 0 saturated heterocycles. The number of fused-ring (bicyclic) bond motifs is 3. The summed E-state index contributed by atoms with van der Waals surface area (Å²) in [6.45, 7) is 4.52. The summed E-state index contributed by atoms with van der Waals surface area (Å²) in [5.74, 6) is 2.93. The molecular weight excluding hydrogens is 294 g/mol. The van der Waals surface area contributed by atoms with E-state index < -0.39 is 6.43 Å². The number of aldehydes is 1. The molecule has 7 atom stereocenters. The molecule has 23 heavy (non-hydrogen) atoms. The van der Waals surface area contributed by atoms with Gasteiger partial charge in [-0.05, 0) is 73.5 Å². The Morgan fingerprint density at radius 1 is 1.13 bits per heavy atom. The number of carbonyl (C=O) groups excluding carboxylic acids is 1. The molecule has 3 fully saturated rings. The van der Waals surface area contributed by atoms with Crippen molar-refractivity contribution in [3.8, 4) is 0 Å². The number of rotatable bonds is 5. The van der Waals surface area contributed by atoms with Gasteiger partial charge in [-0.2, -0.15) is 0 Å². The third-order valence-corrected chi connectivity index (χ3v) is 7.86. The van der Waals surface area contributed by atoms with E-state index in [9.17, 15) is 13.6 Å². The van der Waals surface area contributed by atoms with Crippen molar-refractivity contribution in [1.29, 1.82) is 0 Å². The number of hydrogen-bond donors (Lipinski definition) is 0. The zero-order valence-electron chi connectivity index (χ0n) is 14.6. The Morgan fingerprint density at radius 2 is 1.91 bits per heavy atom. The lowest BCUT2D eigenvalue weighted by Crippen LogP contribution is -2.47. The van der Waals surface area contributed by atoms with Crippen LogP contribution in [0.1, 0.15) is 71.6 Å². The fourth-order valence-electron chi connectivity index (χ4n) is 6.80. The quantitative estimate of drug-likeness (QED) is 0.590. The molecule has 0 spiro atoms. The van der Waals surface area contributed by atoms with Crippen LogP contribution in [0.3, 0.4) is 0 Å². The van der Waals surface area contributed by atoms with Crippen molar-refractivity contribution in [2.24, 2.45) is 40.9 Å². The Morgan fingerprint density at radius 3 is 2.57 bits per heavy atom. The molecule has 0 bridgehead atoms. The van der Waals surface area contributed by atoms with Crippen LogP contribution in [-0.4, -0.2) is 12.7 Å². The highest BCUT2D eigenvalue weighted by Gasteiger charge is 2.56. The van der Waals surface area contributed by atoms with Crippen molar-refractivity contribution >= 4 is 6.29 Å². The van der Waals surface area contributed by atoms with Gasteiger partial charge in [0.15, 0.2) is 0 Å². The third-order valence-electron chi connectivity index (χ3n) is 7.86. The molecule has 0 aromatic heterocycles. The van der Waals surface area contributed by atoms with Gasteiger partial charge in [-0.1, -0.05) is 26.7 Å².